The highest BCUT2D eigenvalue weighted by Crippen LogP contribution is 2.23. The minimum atomic E-state index is -0.614. The number of aromatic nitrogens is 2. The van der Waals surface area contributed by atoms with Crippen LogP contribution in [0.15, 0.2) is 52.4 Å². The van der Waals surface area contributed by atoms with Crippen molar-refractivity contribution in [2.45, 2.75) is 17.5 Å². The number of nitrogens with zero attached hydrogens (tertiary/aromatic N) is 3. The molecule has 0 bridgehead atoms. The highest BCUT2D eigenvalue weighted by Gasteiger charge is 2.12. The summed E-state index contributed by atoms with van der Waals surface area (Å²) in [6.45, 7) is 1.17. The number of likely N-dealkylation sites (N-methyl/N-ethyl adjacent to an activating group) is 1. The lowest BCUT2D eigenvalue weighted by molar-refractivity contribution is 0.371. The van der Waals surface area contributed by atoms with Gasteiger partial charge in [0, 0.05) is 24.9 Å². The van der Waals surface area contributed by atoms with Gasteiger partial charge in [-0.3, -0.25) is 9.36 Å². The molecule has 0 fully saturated rings. The van der Waals surface area contributed by atoms with Gasteiger partial charge >= 0.3 is 0 Å². The first-order chi connectivity index (χ1) is 12.4. The van der Waals surface area contributed by atoms with E-state index < -0.39 is 11.6 Å². The second-order valence-electron chi connectivity index (χ2n) is 6.24. The molecule has 0 atom stereocenters. The Morgan fingerprint density at radius 3 is 2.50 bits per heavy atom. The van der Waals surface area contributed by atoms with Gasteiger partial charge < -0.3 is 4.90 Å². The highest BCUT2D eigenvalue weighted by atomic mass is 32.2. The van der Waals surface area contributed by atoms with Crippen molar-refractivity contribution in [1.29, 1.82) is 0 Å². The third-order valence-corrected chi connectivity index (χ3v) is 4.94. The Morgan fingerprint density at radius 2 is 1.81 bits per heavy atom. The van der Waals surface area contributed by atoms with E-state index >= 15 is 0 Å². The van der Waals surface area contributed by atoms with E-state index in [9.17, 15) is 13.6 Å². The Hall–Kier alpha value is -2.25. The van der Waals surface area contributed by atoms with Gasteiger partial charge in [-0.2, -0.15) is 0 Å². The molecule has 3 aromatic rings. The molecular formula is C19H19F2N3OS. The van der Waals surface area contributed by atoms with Crippen LogP contribution in [0, 0.1) is 11.6 Å². The van der Waals surface area contributed by atoms with Gasteiger partial charge in [-0.05, 0) is 43.9 Å². The molecule has 1 heterocycles. The van der Waals surface area contributed by atoms with Crippen LogP contribution in [-0.4, -0.2) is 35.1 Å². The fourth-order valence-corrected chi connectivity index (χ4v) is 3.55. The Balaban J connectivity index is 1.96. The van der Waals surface area contributed by atoms with Crippen molar-refractivity contribution < 1.29 is 8.78 Å². The van der Waals surface area contributed by atoms with Crippen LogP contribution in [0.1, 0.15) is 5.56 Å². The lowest BCUT2D eigenvalue weighted by atomic mass is 10.2. The lowest BCUT2D eigenvalue weighted by Crippen LogP contribution is -2.28. The van der Waals surface area contributed by atoms with E-state index in [2.05, 4.69) is 4.98 Å². The van der Waals surface area contributed by atoms with Crippen molar-refractivity contribution in [3.63, 3.8) is 0 Å². The molecule has 26 heavy (non-hydrogen) atoms. The number of benzene rings is 2. The van der Waals surface area contributed by atoms with Crippen LogP contribution in [0.5, 0.6) is 0 Å². The highest BCUT2D eigenvalue weighted by molar-refractivity contribution is 7.98. The standard InChI is InChI=1S/C19H19F2N3OS/c1-23(2)7-8-24-18(25)16-5-3-4-6-17(16)22-19(24)26-12-13-9-14(20)11-15(21)10-13/h3-6,9-11H,7-8,12H2,1-2H3. The van der Waals surface area contributed by atoms with E-state index in [4.69, 9.17) is 0 Å². The van der Waals surface area contributed by atoms with Crippen LogP contribution in [0.25, 0.3) is 10.9 Å². The van der Waals surface area contributed by atoms with Crippen molar-refractivity contribution in [2.75, 3.05) is 20.6 Å². The summed E-state index contributed by atoms with van der Waals surface area (Å²) in [5.74, 6) is -0.907. The largest absolute Gasteiger partial charge is 0.308 e. The van der Waals surface area contributed by atoms with Crippen LogP contribution in [0.3, 0.4) is 0 Å². The molecule has 1 aromatic heterocycles. The molecule has 3 rings (SSSR count). The summed E-state index contributed by atoms with van der Waals surface area (Å²) in [7, 11) is 3.86. The molecule has 0 amide bonds. The lowest BCUT2D eigenvalue weighted by Gasteiger charge is -2.15. The molecule has 0 saturated carbocycles. The molecule has 0 spiro atoms. The van der Waals surface area contributed by atoms with Crippen LogP contribution in [0.2, 0.25) is 0 Å². The van der Waals surface area contributed by atoms with E-state index in [1.807, 2.05) is 31.1 Å². The van der Waals surface area contributed by atoms with Gasteiger partial charge in [-0.25, -0.2) is 13.8 Å². The molecule has 0 aliphatic heterocycles. The Kier molecular flexibility index (Phi) is 5.68. The van der Waals surface area contributed by atoms with Gasteiger partial charge in [0.15, 0.2) is 5.16 Å². The summed E-state index contributed by atoms with van der Waals surface area (Å²) in [6.07, 6.45) is 0. The molecular weight excluding hydrogens is 356 g/mol. The summed E-state index contributed by atoms with van der Waals surface area (Å²) in [5, 5.41) is 1.10. The number of fused-ring (bicyclic) bond motifs is 1. The molecule has 0 saturated heterocycles. The van der Waals surface area contributed by atoms with Crippen LogP contribution >= 0.6 is 11.8 Å². The Labute approximate surface area is 154 Å². The van der Waals surface area contributed by atoms with Crippen LogP contribution in [0.4, 0.5) is 8.78 Å². The molecule has 136 valence electrons. The van der Waals surface area contributed by atoms with E-state index in [1.54, 1.807) is 16.7 Å². The van der Waals surface area contributed by atoms with Gasteiger partial charge in [-0.1, -0.05) is 23.9 Å². The quantitative estimate of drug-likeness (QED) is 0.488. The summed E-state index contributed by atoms with van der Waals surface area (Å²) in [5.41, 5.74) is 1.02. The topological polar surface area (TPSA) is 38.1 Å². The SMILES string of the molecule is CN(C)CCn1c(SCc2cc(F)cc(F)c2)nc2ccccc2c1=O. The number of hydrogen-bond acceptors (Lipinski definition) is 4. The predicted octanol–water partition coefficient (Wildman–Crippen LogP) is 3.53. The second-order valence-corrected chi connectivity index (χ2v) is 7.18. The zero-order valence-electron chi connectivity index (χ0n) is 14.6. The zero-order valence-corrected chi connectivity index (χ0v) is 15.4. The average molecular weight is 375 g/mol. The van der Waals surface area contributed by atoms with E-state index in [0.717, 1.165) is 6.07 Å². The maximum atomic E-state index is 13.4. The number of hydrogen-bond donors (Lipinski definition) is 0. The molecule has 4 nitrogen and oxygen atoms in total. The predicted molar refractivity (Wildman–Crippen MR) is 100 cm³/mol. The monoisotopic (exact) mass is 375 g/mol. The second kappa shape index (κ2) is 7.97. The minimum absolute atomic E-state index is 0.106. The molecule has 0 aliphatic rings. The normalized spacial score (nSPS) is 11.4. The van der Waals surface area contributed by atoms with E-state index in [-0.39, 0.29) is 5.56 Å². The van der Waals surface area contributed by atoms with Crippen molar-refractivity contribution >= 4 is 22.7 Å². The smallest absolute Gasteiger partial charge is 0.262 e. The van der Waals surface area contributed by atoms with Gasteiger partial charge in [0.2, 0.25) is 0 Å². The minimum Gasteiger partial charge on any atom is -0.308 e. The summed E-state index contributed by atoms with van der Waals surface area (Å²) >= 11 is 1.30. The molecule has 0 N–H and O–H groups in total. The maximum absolute atomic E-state index is 13.4. The van der Waals surface area contributed by atoms with Crippen LogP contribution < -0.4 is 5.56 Å². The summed E-state index contributed by atoms with van der Waals surface area (Å²) < 4.78 is 28.4. The molecule has 7 heteroatoms. The maximum Gasteiger partial charge on any atom is 0.262 e. The van der Waals surface area contributed by atoms with Crippen LogP contribution in [-0.2, 0) is 12.3 Å². The number of thioether (sulfide) groups is 1. The van der Waals surface area contributed by atoms with Gasteiger partial charge in [0.05, 0.1) is 10.9 Å². The van der Waals surface area contributed by atoms with Crippen molar-refractivity contribution in [2.24, 2.45) is 0 Å². The number of halogens is 2. The third-order valence-electron chi connectivity index (χ3n) is 3.89. The fourth-order valence-electron chi connectivity index (χ4n) is 2.60. The molecule has 0 aliphatic carbocycles. The van der Waals surface area contributed by atoms with E-state index in [1.165, 1.54) is 23.9 Å². The fraction of sp³-hybridized carbons (Fsp3) is 0.263. The van der Waals surface area contributed by atoms with Gasteiger partial charge in [0.1, 0.15) is 11.6 Å². The summed E-state index contributed by atoms with van der Waals surface area (Å²) in [4.78, 5) is 19.4. The van der Waals surface area contributed by atoms with E-state index in [0.29, 0.717) is 40.5 Å². The first-order valence-electron chi connectivity index (χ1n) is 8.16. The first kappa shape index (κ1) is 18.5. The zero-order chi connectivity index (χ0) is 18.7. The number of rotatable bonds is 6. The van der Waals surface area contributed by atoms with Crippen molar-refractivity contribution in [3.05, 3.63) is 70.0 Å². The molecule has 2 aromatic carbocycles. The summed E-state index contributed by atoms with van der Waals surface area (Å²) in [6, 6.07) is 10.6. The molecule has 0 unspecified atom stereocenters. The van der Waals surface area contributed by atoms with Gasteiger partial charge in [-0.15, -0.1) is 0 Å². The Bertz CT molecular complexity index is 968. The van der Waals surface area contributed by atoms with Gasteiger partial charge in [0.25, 0.3) is 5.56 Å². The van der Waals surface area contributed by atoms with Crippen molar-refractivity contribution in [3.8, 4) is 0 Å². The molecule has 0 radical (unpaired) electrons. The third kappa shape index (κ3) is 4.28. The Morgan fingerprint density at radius 1 is 1.12 bits per heavy atom. The first-order valence-corrected chi connectivity index (χ1v) is 9.14. The number of para-hydroxylation sites is 1. The van der Waals surface area contributed by atoms with Crippen molar-refractivity contribution in [1.82, 2.24) is 14.5 Å². The average Bonchev–Trinajstić information content (AvgIpc) is 2.58.